The Morgan fingerprint density at radius 1 is 0.963 bits per heavy atom. The van der Waals surface area contributed by atoms with Gasteiger partial charge in [-0.15, -0.1) is 0 Å². The Kier molecular flexibility index (Phi) is 6.51. The van der Waals surface area contributed by atoms with E-state index in [0.717, 1.165) is 26.2 Å². The lowest BCUT2D eigenvalue weighted by Gasteiger charge is -2.24. The van der Waals surface area contributed by atoms with Crippen molar-refractivity contribution < 1.29 is 33.0 Å². The van der Waals surface area contributed by atoms with Crippen LogP contribution >= 0.6 is 15.9 Å². The van der Waals surface area contributed by atoms with E-state index in [4.69, 9.17) is 9.47 Å². The molecule has 0 N–H and O–H groups in total. The first-order valence-corrected chi connectivity index (χ1v) is 8.27. The van der Waals surface area contributed by atoms with Crippen LogP contribution in [0.15, 0.2) is 52.3 Å². The van der Waals surface area contributed by atoms with Gasteiger partial charge in [-0.1, -0.05) is 22.0 Å². The first-order chi connectivity index (χ1) is 12.8. The van der Waals surface area contributed by atoms with Crippen LogP contribution in [0.2, 0.25) is 0 Å². The average molecular weight is 440 g/mol. The molecule has 1 aliphatic heterocycles. The Balaban J connectivity index is 2.78. The maximum Gasteiger partial charge on any atom is 0.355 e. The number of carbonyl (C=O) groups is 3. The van der Waals surface area contributed by atoms with E-state index in [2.05, 4.69) is 20.7 Å². The molecule has 1 aromatic rings. The Morgan fingerprint density at radius 3 is 2.19 bits per heavy atom. The summed E-state index contributed by atoms with van der Waals surface area (Å²) in [4.78, 5) is 37.5. The first kappa shape index (κ1) is 20.4. The molecule has 0 fully saturated rings. The van der Waals surface area contributed by atoms with E-state index in [9.17, 15) is 14.4 Å². The molecule has 0 aromatic heterocycles. The predicted molar refractivity (Wildman–Crippen MR) is 97.3 cm³/mol. The summed E-state index contributed by atoms with van der Waals surface area (Å²) in [5.41, 5.74) is -0.946. The number of halogens is 2. The van der Waals surface area contributed by atoms with Crippen LogP contribution < -0.4 is 4.90 Å². The summed E-state index contributed by atoms with van der Waals surface area (Å²) in [6, 6.07) is 2.59. The van der Waals surface area contributed by atoms with Crippen molar-refractivity contribution in [3.05, 3.63) is 63.7 Å². The second-order valence-electron chi connectivity index (χ2n) is 5.09. The molecule has 0 bridgehead atoms. The van der Waals surface area contributed by atoms with Crippen molar-refractivity contribution in [3.63, 3.8) is 0 Å². The molecule has 0 saturated heterocycles. The third-order valence-electron chi connectivity index (χ3n) is 3.57. The molecule has 0 aliphatic carbocycles. The maximum absolute atomic E-state index is 15.0. The molecule has 9 heteroatoms. The zero-order chi connectivity index (χ0) is 20.1. The predicted octanol–water partition coefficient (Wildman–Crippen LogP) is 2.86. The smallest absolute Gasteiger partial charge is 0.355 e. The van der Waals surface area contributed by atoms with Crippen LogP contribution in [-0.2, 0) is 23.8 Å². The van der Waals surface area contributed by atoms with Gasteiger partial charge >= 0.3 is 17.9 Å². The van der Waals surface area contributed by atoms with Gasteiger partial charge in [-0.2, -0.15) is 0 Å². The maximum atomic E-state index is 15.0. The minimum Gasteiger partial charge on any atom is -0.465 e. The van der Waals surface area contributed by atoms with Gasteiger partial charge < -0.3 is 19.1 Å². The summed E-state index contributed by atoms with van der Waals surface area (Å²) in [6.45, 7) is 0. The molecule has 0 spiro atoms. The van der Waals surface area contributed by atoms with Crippen LogP contribution in [0, 0.1) is 5.82 Å². The average Bonchev–Trinajstić information content (AvgIpc) is 2.90. The number of esters is 3. The van der Waals surface area contributed by atoms with Gasteiger partial charge in [0.25, 0.3) is 0 Å². The van der Waals surface area contributed by atoms with Gasteiger partial charge in [0.05, 0.1) is 38.2 Å². The zero-order valence-electron chi connectivity index (χ0n) is 14.6. The SMILES string of the molecule is COC(=O)C1=C(C(=O)OC)N(c2cc(Br)cc(C(=O)OC)c2F)C=CC=C1. The summed E-state index contributed by atoms with van der Waals surface area (Å²) in [7, 11) is 3.39. The number of rotatable bonds is 4. The molecule has 7 nitrogen and oxygen atoms in total. The highest BCUT2D eigenvalue weighted by Crippen LogP contribution is 2.33. The number of hydrogen-bond donors (Lipinski definition) is 0. The van der Waals surface area contributed by atoms with Gasteiger partial charge in [-0.25, -0.2) is 18.8 Å². The third kappa shape index (κ3) is 4.08. The van der Waals surface area contributed by atoms with E-state index in [0.29, 0.717) is 4.47 Å². The minimum absolute atomic E-state index is 0.145. The van der Waals surface area contributed by atoms with Crippen molar-refractivity contribution in [2.24, 2.45) is 0 Å². The van der Waals surface area contributed by atoms with Crippen LogP contribution in [0.1, 0.15) is 10.4 Å². The van der Waals surface area contributed by atoms with Crippen molar-refractivity contribution in [1.82, 2.24) is 0 Å². The largest absolute Gasteiger partial charge is 0.465 e. The number of anilines is 1. The summed E-state index contributed by atoms with van der Waals surface area (Å²) >= 11 is 3.20. The number of ether oxygens (including phenoxy) is 3. The van der Waals surface area contributed by atoms with E-state index in [1.54, 1.807) is 0 Å². The fourth-order valence-corrected chi connectivity index (χ4v) is 2.81. The van der Waals surface area contributed by atoms with E-state index < -0.39 is 23.7 Å². The highest BCUT2D eigenvalue weighted by Gasteiger charge is 2.30. The summed E-state index contributed by atoms with van der Waals surface area (Å²) < 4.78 is 29.4. The first-order valence-electron chi connectivity index (χ1n) is 7.48. The molecule has 142 valence electrons. The molecule has 1 aromatic carbocycles. The monoisotopic (exact) mass is 439 g/mol. The lowest BCUT2D eigenvalue weighted by molar-refractivity contribution is -0.139. The number of carbonyl (C=O) groups excluding carboxylic acids is 3. The van der Waals surface area contributed by atoms with Crippen molar-refractivity contribution in [2.45, 2.75) is 0 Å². The fraction of sp³-hybridized carbons (Fsp3) is 0.167. The molecule has 1 aliphatic rings. The summed E-state index contributed by atoms with van der Waals surface area (Å²) in [6.07, 6.45) is 5.65. The normalized spacial score (nSPS) is 13.3. The van der Waals surface area contributed by atoms with Gasteiger partial charge in [-0.3, -0.25) is 0 Å². The highest BCUT2D eigenvalue weighted by atomic mass is 79.9. The van der Waals surface area contributed by atoms with E-state index in [1.165, 1.54) is 36.6 Å². The molecule has 0 saturated carbocycles. The van der Waals surface area contributed by atoms with E-state index in [-0.39, 0.29) is 22.5 Å². The Morgan fingerprint density at radius 2 is 1.59 bits per heavy atom. The molecule has 27 heavy (non-hydrogen) atoms. The molecule has 0 amide bonds. The van der Waals surface area contributed by atoms with Crippen LogP contribution in [0.4, 0.5) is 10.1 Å². The quantitative estimate of drug-likeness (QED) is 0.526. The molecular weight excluding hydrogens is 425 g/mol. The molecule has 0 unspecified atom stereocenters. The van der Waals surface area contributed by atoms with Crippen LogP contribution in [-0.4, -0.2) is 39.2 Å². The molecule has 0 radical (unpaired) electrons. The third-order valence-corrected chi connectivity index (χ3v) is 4.03. The highest BCUT2D eigenvalue weighted by molar-refractivity contribution is 9.10. The topological polar surface area (TPSA) is 82.1 Å². The Bertz CT molecular complexity index is 890. The number of nitrogens with zero attached hydrogens (tertiary/aromatic N) is 1. The molecule has 0 atom stereocenters. The van der Waals surface area contributed by atoms with E-state index >= 15 is 4.39 Å². The van der Waals surface area contributed by atoms with Crippen LogP contribution in [0.3, 0.4) is 0 Å². The Labute approximate surface area is 162 Å². The number of benzene rings is 1. The summed E-state index contributed by atoms with van der Waals surface area (Å²) in [5, 5.41) is 0. The fourth-order valence-electron chi connectivity index (χ4n) is 2.36. The molecule has 1 heterocycles. The Hall–Kier alpha value is -2.94. The zero-order valence-corrected chi connectivity index (χ0v) is 16.2. The molecular formula is C18H15BrFNO6. The van der Waals surface area contributed by atoms with Crippen molar-refractivity contribution in [1.29, 1.82) is 0 Å². The molecule has 2 rings (SSSR count). The lowest BCUT2D eigenvalue weighted by Crippen LogP contribution is -2.28. The standard InChI is InChI=1S/C18H15BrFNO6/c1-25-16(22)11-6-4-5-7-21(15(11)18(24)27-3)13-9-10(19)8-12(14(13)20)17(23)26-2/h4-9H,1-3H3. The number of allylic oxidation sites excluding steroid dienone is 2. The second kappa shape index (κ2) is 8.63. The van der Waals surface area contributed by atoms with Crippen molar-refractivity contribution in [3.8, 4) is 0 Å². The van der Waals surface area contributed by atoms with Crippen LogP contribution in [0.5, 0.6) is 0 Å². The van der Waals surface area contributed by atoms with Gasteiger partial charge in [0.1, 0.15) is 5.70 Å². The minimum atomic E-state index is -0.942. The van der Waals surface area contributed by atoms with Crippen molar-refractivity contribution >= 4 is 39.5 Å². The lowest BCUT2D eigenvalue weighted by atomic mass is 10.1. The van der Waals surface area contributed by atoms with Gasteiger partial charge in [0, 0.05) is 10.7 Å². The van der Waals surface area contributed by atoms with E-state index in [1.807, 2.05) is 0 Å². The van der Waals surface area contributed by atoms with Gasteiger partial charge in [-0.05, 0) is 24.3 Å². The number of methoxy groups -OCH3 is 3. The van der Waals surface area contributed by atoms with Crippen molar-refractivity contribution in [2.75, 3.05) is 26.2 Å². The van der Waals surface area contributed by atoms with Gasteiger partial charge in [0.15, 0.2) is 5.82 Å². The summed E-state index contributed by atoms with van der Waals surface area (Å²) in [5.74, 6) is -3.56. The van der Waals surface area contributed by atoms with Gasteiger partial charge in [0.2, 0.25) is 0 Å². The second-order valence-corrected chi connectivity index (χ2v) is 6.01. The number of hydrogen-bond acceptors (Lipinski definition) is 7. The van der Waals surface area contributed by atoms with Crippen LogP contribution in [0.25, 0.3) is 0 Å².